The Hall–Kier alpha value is -4.13. The van der Waals surface area contributed by atoms with Crippen LogP contribution in [0.3, 0.4) is 0 Å². The summed E-state index contributed by atoms with van der Waals surface area (Å²) >= 11 is 0. The zero-order valence-electron chi connectivity index (χ0n) is 15.2. The van der Waals surface area contributed by atoms with Crippen molar-refractivity contribution in [2.75, 3.05) is 10.6 Å². The molecule has 0 aliphatic heterocycles. The number of fused-ring (bicyclic) bond motifs is 2. The van der Waals surface area contributed by atoms with Crippen molar-refractivity contribution < 1.29 is 4.39 Å². The van der Waals surface area contributed by atoms with Crippen molar-refractivity contribution in [3.05, 3.63) is 85.1 Å². The summed E-state index contributed by atoms with van der Waals surface area (Å²) in [5, 5.41) is 8.07. The first-order chi connectivity index (χ1) is 14.2. The Labute approximate surface area is 165 Å². The number of hydrogen-bond acceptors (Lipinski definition) is 6. The molecule has 5 rings (SSSR count). The molecule has 0 saturated heterocycles. The molecule has 2 aromatic carbocycles. The first-order valence-electron chi connectivity index (χ1n) is 9.01. The average Bonchev–Trinajstić information content (AvgIpc) is 2.76. The molecule has 0 aliphatic rings. The summed E-state index contributed by atoms with van der Waals surface area (Å²) in [7, 11) is 0. The second kappa shape index (κ2) is 7.12. The molecular formula is C22H15FN6. The van der Waals surface area contributed by atoms with Crippen molar-refractivity contribution in [3.8, 4) is 0 Å². The number of hydrogen-bond donors (Lipinski definition) is 2. The number of anilines is 4. The number of nitrogens with zero attached hydrogens (tertiary/aromatic N) is 4. The largest absolute Gasteiger partial charge is 0.338 e. The van der Waals surface area contributed by atoms with Crippen LogP contribution in [0.5, 0.6) is 0 Å². The van der Waals surface area contributed by atoms with E-state index in [2.05, 4.69) is 30.6 Å². The SMILES string of the molecule is Fc1cnc(Nc2ccc3ncccc3c2)nc1Nc1ccc2ncccc2c1. The number of rotatable bonds is 4. The monoisotopic (exact) mass is 382 g/mol. The number of pyridine rings is 2. The van der Waals surface area contributed by atoms with Gasteiger partial charge in [-0.15, -0.1) is 0 Å². The fourth-order valence-electron chi connectivity index (χ4n) is 3.09. The van der Waals surface area contributed by atoms with Crippen molar-refractivity contribution in [1.82, 2.24) is 19.9 Å². The van der Waals surface area contributed by atoms with Crippen LogP contribution in [-0.2, 0) is 0 Å². The smallest absolute Gasteiger partial charge is 0.229 e. The summed E-state index contributed by atoms with van der Waals surface area (Å²) < 4.78 is 14.3. The molecular weight excluding hydrogens is 367 g/mol. The van der Waals surface area contributed by atoms with Crippen molar-refractivity contribution in [3.63, 3.8) is 0 Å². The van der Waals surface area contributed by atoms with Gasteiger partial charge in [-0.05, 0) is 48.5 Å². The zero-order valence-corrected chi connectivity index (χ0v) is 15.2. The predicted octanol–water partition coefficient (Wildman–Crippen LogP) is 5.20. The summed E-state index contributed by atoms with van der Waals surface area (Å²) in [5.74, 6) is -0.155. The van der Waals surface area contributed by atoms with E-state index in [4.69, 9.17) is 0 Å². The normalized spacial score (nSPS) is 10.9. The van der Waals surface area contributed by atoms with Crippen LogP contribution in [0.1, 0.15) is 0 Å². The molecule has 0 unspecified atom stereocenters. The molecule has 0 radical (unpaired) electrons. The summed E-state index contributed by atoms with van der Waals surface area (Å²) in [6.07, 6.45) is 4.63. The molecule has 0 atom stereocenters. The minimum absolute atomic E-state index is 0.0909. The summed E-state index contributed by atoms with van der Waals surface area (Å²) in [4.78, 5) is 16.9. The highest BCUT2D eigenvalue weighted by molar-refractivity contribution is 5.84. The quantitative estimate of drug-likeness (QED) is 0.445. The van der Waals surface area contributed by atoms with Gasteiger partial charge in [0.15, 0.2) is 11.6 Å². The Balaban J connectivity index is 1.42. The zero-order chi connectivity index (χ0) is 19.6. The molecule has 0 fully saturated rings. The lowest BCUT2D eigenvalue weighted by molar-refractivity contribution is 0.619. The van der Waals surface area contributed by atoms with Crippen molar-refractivity contribution in [1.29, 1.82) is 0 Å². The predicted molar refractivity (Wildman–Crippen MR) is 112 cm³/mol. The van der Waals surface area contributed by atoms with E-state index in [1.807, 2.05) is 60.7 Å². The first kappa shape index (κ1) is 17.0. The van der Waals surface area contributed by atoms with Gasteiger partial charge in [0.25, 0.3) is 0 Å². The van der Waals surface area contributed by atoms with E-state index in [1.165, 1.54) is 0 Å². The minimum Gasteiger partial charge on any atom is -0.338 e. The standard InChI is InChI=1S/C22H15FN6/c23-18-13-26-22(28-17-6-8-20-15(12-17)4-2-10-25-20)29-21(18)27-16-5-7-19-14(11-16)3-1-9-24-19/h1-13H,(H2,26,27,28,29). The van der Waals surface area contributed by atoms with E-state index in [1.54, 1.807) is 12.4 Å². The van der Waals surface area contributed by atoms with Crippen LogP contribution in [0.25, 0.3) is 21.8 Å². The molecule has 0 saturated carbocycles. The Morgan fingerprint density at radius 1 is 0.690 bits per heavy atom. The van der Waals surface area contributed by atoms with Gasteiger partial charge in [-0.3, -0.25) is 9.97 Å². The average molecular weight is 382 g/mol. The number of benzene rings is 2. The third-order valence-corrected chi connectivity index (χ3v) is 4.47. The summed E-state index contributed by atoms with van der Waals surface area (Å²) in [6, 6.07) is 19.0. The third kappa shape index (κ3) is 3.53. The van der Waals surface area contributed by atoms with Gasteiger partial charge in [-0.1, -0.05) is 12.1 Å². The summed E-state index contributed by atoms with van der Waals surface area (Å²) in [6.45, 7) is 0. The highest BCUT2D eigenvalue weighted by atomic mass is 19.1. The van der Waals surface area contributed by atoms with E-state index in [-0.39, 0.29) is 5.82 Å². The van der Waals surface area contributed by atoms with Gasteiger partial charge in [0, 0.05) is 34.5 Å². The second-order valence-corrected chi connectivity index (χ2v) is 6.46. The Morgan fingerprint density at radius 3 is 1.97 bits per heavy atom. The number of aromatic nitrogens is 4. The number of nitrogens with one attached hydrogen (secondary N) is 2. The maximum absolute atomic E-state index is 14.3. The van der Waals surface area contributed by atoms with Gasteiger partial charge in [0.1, 0.15) is 0 Å². The van der Waals surface area contributed by atoms with E-state index < -0.39 is 5.82 Å². The maximum Gasteiger partial charge on any atom is 0.229 e. The third-order valence-electron chi connectivity index (χ3n) is 4.47. The van der Waals surface area contributed by atoms with Crippen LogP contribution in [-0.4, -0.2) is 19.9 Å². The Bertz CT molecular complexity index is 1340. The molecule has 7 heteroatoms. The van der Waals surface area contributed by atoms with E-state index in [9.17, 15) is 4.39 Å². The van der Waals surface area contributed by atoms with Crippen LogP contribution >= 0.6 is 0 Å². The van der Waals surface area contributed by atoms with Crippen molar-refractivity contribution in [2.45, 2.75) is 0 Å². The van der Waals surface area contributed by atoms with Gasteiger partial charge in [-0.2, -0.15) is 4.98 Å². The first-order valence-corrected chi connectivity index (χ1v) is 9.01. The van der Waals surface area contributed by atoms with Crippen LogP contribution in [0.4, 0.5) is 27.5 Å². The highest BCUT2D eigenvalue weighted by Crippen LogP contribution is 2.24. The molecule has 3 heterocycles. The molecule has 5 aromatic rings. The van der Waals surface area contributed by atoms with Crippen LogP contribution in [0.15, 0.2) is 79.3 Å². The fraction of sp³-hybridized carbons (Fsp3) is 0. The molecule has 0 amide bonds. The second-order valence-electron chi connectivity index (χ2n) is 6.46. The number of halogens is 1. The van der Waals surface area contributed by atoms with Gasteiger partial charge < -0.3 is 10.6 Å². The molecule has 6 nitrogen and oxygen atoms in total. The molecule has 2 N–H and O–H groups in total. The lowest BCUT2D eigenvalue weighted by Crippen LogP contribution is -2.03. The fourth-order valence-corrected chi connectivity index (χ4v) is 3.09. The topological polar surface area (TPSA) is 75.6 Å². The van der Waals surface area contributed by atoms with Gasteiger partial charge in [0.05, 0.1) is 17.2 Å². The summed E-state index contributed by atoms with van der Waals surface area (Å²) in [5.41, 5.74) is 3.27. The molecule has 29 heavy (non-hydrogen) atoms. The lowest BCUT2D eigenvalue weighted by atomic mass is 10.2. The Morgan fingerprint density at radius 2 is 1.31 bits per heavy atom. The van der Waals surface area contributed by atoms with E-state index in [0.29, 0.717) is 11.6 Å². The van der Waals surface area contributed by atoms with Gasteiger partial charge in [-0.25, -0.2) is 9.37 Å². The molecule has 0 spiro atoms. The van der Waals surface area contributed by atoms with Crippen LogP contribution in [0, 0.1) is 5.82 Å². The highest BCUT2D eigenvalue weighted by Gasteiger charge is 2.09. The van der Waals surface area contributed by atoms with Gasteiger partial charge >= 0.3 is 0 Å². The lowest BCUT2D eigenvalue weighted by Gasteiger charge is -2.10. The van der Waals surface area contributed by atoms with E-state index in [0.717, 1.165) is 33.7 Å². The Kier molecular flexibility index (Phi) is 4.18. The van der Waals surface area contributed by atoms with Crippen LogP contribution < -0.4 is 10.6 Å². The molecule has 3 aromatic heterocycles. The minimum atomic E-state index is -0.537. The van der Waals surface area contributed by atoms with Crippen molar-refractivity contribution in [2.24, 2.45) is 0 Å². The molecule has 0 bridgehead atoms. The van der Waals surface area contributed by atoms with Crippen LogP contribution in [0.2, 0.25) is 0 Å². The van der Waals surface area contributed by atoms with Gasteiger partial charge in [0.2, 0.25) is 5.95 Å². The molecule has 140 valence electrons. The van der Waals surface area contributed by atoms with Crippen molar-refractivity contribution >= 4 is 44.9 Å². The van der Waals surface area contributed by atoms with E-state index >= 15 is 0 Å². The maximum atomic E-state index is 14.3. The molecule has 0 aliphatic carbocycles.